The van der Waals surface area contributed by atoms with Crippen molar-refractivity contribution in [2.24, 2.45) is 5.10 Å². The standard InChI is InChI=1S/C29H32N6O3S/c1-4-34(5-2)24-13-12-22(26(36)18-24)19-30-31-27(37)20-39-29-33-32-28(21-10-8-7-9-11-21)35(29)23-14-16-25(17-15-23)38-6-3/h7-19,36H,4-6,20H2,1-3H3,(H,31,37)/b30-19+. The van der Waals surface area contributed by atoms with Crippen molar-refractivity contribution < 1.29 is 19.5 Å². The molecule has 0 saturated heterocycles. The molecule has 0 atom stereocenters. The van der Waals surface area contributed by atoms with Crippen molar-refractivity contribution in [3.63, 3.8) is 0 Å². The van der Waals surface area contributed by atoms with Gasteiger partial charge in [-0.2, -0.15) is 5.10 Å². The van der Waals surface area contributed by atoms with Crippen molar-refractivity contribution in [2.45, 2.75) is 25.9 Å². The zero-order valence-corrected chi connectivity index (χ0v) is 23.1. The Morgan fingerprint density at radius 3 is 2.46 bits per heavy atom. The number of hydrogen-bond donors (Lipinski definition) is 2. The number of rotatable bonds is 12. The van der Waals surface area contributed by atoms with Gasteiger partial charge in [0.15, 0.2) is 11.0 Å². The molecule has 0 saturated carbocycles. The minimum Gasteiger partial charge on any atom is -0.872 e. The second kappa shape index (κ2) is 13.6. The number of hydrogen-bond acceptors (Lipinski definition) is 7. The fourth-order valence-corrected chi connectivity index (χ4v) is 4.83. The van der Waals surface area contributed by atoms with Crippen LogP contribution in [-0.2, 0) is 4.79 Å². The highest BCUT2D eigenvalue weighted by molar-refractivity contribution is 7.99. The van der Waals surface area contributed by atoms with Crippen LogP contribution >= 0.6 is 11.8 Å². The van der Waals surface area contributed by atoms with Gasteiger partial charge in [0.1, 0.15) is 11.4 Å². The van der Waals surface area contributed by atoms with Crippen LogP contribution in [0.5, 0.6) is 11.5 Å². The molecule has 0 aliphatic heterocycles. The Labute approximate surface area is 232 Å². The summed E-state index contributed by atoms with van der Waals surface area (Å²) in [6.07, 6.45) is 1.38. The maximum atomic E-state index is 12.6. The summed E-state index contributed by atoms with van der Waals surface area (Å²) in [4.78, 5) is 13.8. The van der Waals surface area contributed by atoms with Crippen molar-refractivity contribution in [1.82, 2.24) is 20.2 Å². The number of aromatic nitrogens is 3. The number of nitrogens with one attached hydrogen (secondary N) is 2. The summed E-state index contributed by atoms with van der Waals surface area (Å²) in [6, 6.07) is 22.7. The van der Waals surface area contributed by atoms with Gasteiger partial charge in [-0.15, -0.1) is 10.2 Å². The number of quaternary nitrogens is 1. The summed E-state index contributed by atoms with van der Waals surface area (Å²) in [5.74, 6) is 1.05. The molecule has 4 rings (SSSR count). The first-order chi connectivity index (χ1) is 19.0. The zero-order chi connectivity index (χ0) is 27.6. The van der Waals surface area contributed by atoms with Crippen molar-refractivity contribution in [3.05, 3.63) is 78.4 Å². The monoisotopic (exact) mass is 544 g/mol. The van der Waals surface area contributed by atoms with Gasteiger partial charge >= 0.3 is 0 Å². The van der Waals surface area contributed by atoms with Crippen LogP contribution < -0.4 is 20.2 Å². The lowest BCUT2D eigenvalue weighted by Gasteiger charge is -2.18. The van der Waals surface area contributed by atoms with E-state index in [2.05, 4.69) is 34.6 Å². The van der Waals surface area contributed by atoms with Crippen molar-refractivity contribution in [2.75, 3.05) is 25.4 Å². The van der Waals surface area contributed by atoms with Gasteiger partial charge in [-0.1, -0.05) is 47.8 Å². The number of nitrogens with zero attached hydrogens (tertiary/aromatic N) is 4. The normalized spacial score (nSPS) is 11.3. The van der Waals surface area contributed by atoms with E-state index in [-0.39, 0.29) is 17.4 Å². The third-order valence-electron chi connectivity index (χ3n) is 6.07. The minimum absolute atomic E-state index is 0.0653. The Morgan fingerprint density at radius 1 is 1.05 bits per heavy atom. The van der Waals surface area contributed by atoms with Crippen LogP contribution in [-0.4, -0.2) is 52.3 Å². The fourth-order valence-electron chi connectivity index (χ4n) is 4.08. The van der Waals surface area contributed by atoms with Crippen LogP contribution in [0.3, 0.4) is 0 Å². The van der Waals surface area contributed by atoms with Crippen molar-refractivity contribution in [1.29, 1.82) is 0 Å². The molecule has 4 aromatic rings. The molecular weight excluding hydrogens is 512 g/mol. The summed E-state index contributed by atoms with van der Waals surface area (Å²) < 4.78 is 7.49. The van der Waals surface area contributed by atoms with Gasteiger partial charge < -0.3 is 14.7 Å². The maximum absolute atomic E-state index is 12.6. The second-order valence-corrected chi connectivity index (χ2v) is 9.52. The Bertz CT molecular complexity index is 1400. The van der Waals surface area contributed by atoms with E-state index in [0.717, 1.165) is 35.8 Å². The lowest BCUT2D eigenvalue weighted by molar-refractivity contribution is -0.828. The Kier molecular flexibility index (Phi) is 9.71. The van der Waals surface area contributed by atoms with Crippen molar-refractivity contribution >= 4 is 29.6 Å². The van der Waals surface area contributed by atoms with Crippen molar-refractivity contribution in [3.8, 4) is 28.6 Å². The molecule has 0 spiro atoms. The van der Waals surface area contributed by atoms with E-state index < -0.39 is 0 Å². The summed E-state index contributed by atoms with van der Waals surface area (Å²) in [5.41, 5.74) is 5.62. The van der Waals surface area contributed by atoms with Crippen LogP contribution in [0.25, 0.3) is 17.1 Å². The van der Waals surface area contributed by atoms with Gasteiger partial charge in [0.25, 0.3) is 5.91 Å². The molecule has 3 aromatic carbocycles. The molecule has 0 radical (unpaired) electrons. The molecule has 39 heavy (non-hydrogen) atoms. The predicted octanol–water partition coefficient (Wildman–Crippen LogP) is 3.21. The lowest BCUT2D eigenvalue weighted by atomic mass is 10.2. The number of thioether (sulfide) groups is 1. The van der Waals surface area contributed by atoms with E-state index in [4.69, 9.17) is 4.74 Å². The third-order valence-corrected chi connectivity index (χ3v) is 7.00. The molecule has 202 valence electrons. The highest BCUT2D eigenvalue weighted by Gasteiger charge is 2.17. The molecule has 0 aliphatic rings. The van der Waals surface area contributed by atoms with Gasteiger partial charge in [0.05, 0.1) is 31.7 Å². The third kappa shape index (κ3) is 7.04. The molecule has 9 nitrogen and oxygen atoms in total. The summed E-state index contributed by atoms with van der Waals surface area (Å²) >= 11 is 1.25. The summed E-state index contributed by atoms with van der Waals surface area (Å²) in [5, 5.41) is 25.8. The van der Waals surface area contributed by atoms with E-state index in [1.54, 1.807) is 12.1 Å². The summed E-state index contributed by atoms with van der Waals surface area (Å²) in [6.45, 7) is 8.48. The minimum atomic E-state index is -0.324. The first kappa shape index (κ1) is 27.9. The van der Waals surface area contributed by atoms with Crippen LogP contribution in [0.4, 0.5) is 5.69 Å². The largest absolute Gasteiger partial charge is 0.872 e. The Morgan fingerprint density at radius 2 is 1.79 bits per heavy atom. The number of benzene rings is 3. The highest BCUT2D eigenvalue weighted by Crippen LogP contribution is 2.28. The average Bonchev–Trinajstić information content (AvgIpc) is 3.39. The van der Waals surface area contributed by atoms with E-state index in [1.807, 2.05) is 72.2 Å². The highest BCUT2D eigenvalue weighted by atomic mass is 32.2. The molecule has 10 heteroatoms. The van der Waals surface area contributed by atoms with Crippen LogP contribution in [0.2, 0.25) is 0 Å². The molecule has 1 amide bonds. The van der Waals surface area contributed by atoms with E-state index in [9.17, 15) is 9.90 Å². The first-order valence-corrected chi connectivity index (χ1v) is 13.9. The molecular formula is C29H32N6O3S. The maximum Gasteiger partial charge on any atom is 0.250 e. The van der Waals surface area contributed by atoms with Gasteiger partial charge in [-0.3, -0.25) is 9.36 Å². The van der Waals surface area contributed by atoms with Gasteiger partial charge in [0.2, 0.25) is 0 Å². The molecule has 1 heterocycles. The number of carbonyl (C=O) groups is 1. The van der Waals surface area contributed by atoms with Gasteiger partial charge in [0, 0.05) is 11.3 Å². The molecule has 0 unspecified atom stereocenters. The zero-order valence-electron chi connectivity index (χ0n) is 22.3. The molecule has 0 bridgehead atoms. The predicted molar refractivity (Wildman–Crippen MR) is 152 cm³/mol. The smallest absolute Gasteiger partial charge is 0.250 e. The Balaban J connectivity index is 1.45. The fraction of sp³-hybridized carbons (Fsp3) is 0.241. The van der Waals surface area contributed by atoms with Crippen LogP contribution in [0.15, 0.2) is 83.1 Å². The topological polar surface area (TPSA) is 109 Å². The summed E-state index contributed by atoms with van der Waals surface area (Å²) in [7, 11) is 0. The molecule has 0 fully saturated rings. The van der Waals surface area contributed by atoms with E-state index >= 15 is 0 Å². The first-order valence-electron chi connectivity index (χ1n) is 12.9. The average molecular weight is 545 g/mol. The molecule has 2 N–H and O–H groups in total. The number of ether oxygens (including phenoxy) is 1. The lowest BCUT2D eigenvalue weighted by Crippen LogP contribution is -3.06. The second-order valence-electron chi connectivity index (χ2n) is 8.58. The molecule has 1 aromatic heterocycles. The van der Waals surface area contributed by atoms with Crippen LogP contribution in [0, 0.1) is 0 Å². The number of hydrazone groups is 1. The van der Waals surface area contributed by atoms with E-state index in [1.165, 1.54) is 22.9 Å². The van der Waals surface area contributed by atoms with Gasteiger partial charge in [-0.05, 0) is 68.8 Å². The van der Waals surface area contributed by atoms with Gasteiger partial charge in [-0.25, -0.2) is 5.43 Å². The quantitative estimate of drug-likeness (QED) is 0.161. The number of amides is 1. The molecule has 0 aliphatic carbocycles. The SMILES string of the molecule is CCOc1ccc(-n2c(SCC(=O)N/N=C/c3ccc([NH+](CC)CC)cc3[O-])nnc2-c2ccccc2)cc1. The van der Waals surface area contributed by atoms with E-state index in [0.29, 0.717) is 23.2 Å². The Hall–Kier alpha value is -4.15. The number of carbonyl (C=O) groups excluding carboxylic acids is 1. The van der Waals surface area contributed by atoms with Crippen LogP contribution in [0.1, 0.15) is 26.3 Å².